The van der Waals surface area contributed by atoms with Crippen LogP contribution in [0.1, 0.15) is 6.42 Å². The molecule has 0 bridgehead atoms. The predicted octanol–water partition coefficient (Wildman–Crippen LogP) is -4.65. The summed E-state index contributed by atoms with van der Waals surface area (Å²) in [5, 5.41) is 35.6. The third kappa shape index (κ3) is 1.11. The van der Waals surface area contributed by atoms with Crippen molar-refractivity contribution in [1.29, 1.82) is 0 Å². The van der Waals surface area contributed by atoms with Crippen molar-refractivity contribution in [2.75, 3.05) is 13.2 Å². The fourth-order valence-electron chi connectivity index (χ4n) is 3.14. The Balaban J connectivity index is 2.18. The maximum Gasteiger partial charge on any atom is 0.346 e. The number of nitrogens with two attached hydrogens (primary N) is 2. The van der Waals surface area contributed by atoms with Crippen molar-refractivity contribution >= 4 is 11.9 Å². The summed E-state index contributed by atoms with van der Waals surface area (Å²) < 4.78 is 1.60. The van der Waals surface area contributed by atoms with Crippen molar-refractivity contribution in [3.63, 3.8) is 0 Å². The normalized spacial score (nSPS) is 40.7. The van der Waals surface area contributed by atoms with Gasteiger partial charge >= 0.3 is 5.96 Å². The molecule has 1 fully saturated rings. The topological polar surface area (TPSA) is 152 Å². The number of aliphatic imine (C=N–C) groups is 1. The molecule has 0 aromatic carbocycles. The van der Waals surface area contributed by atoms with Gasteiger partial charge in [-0.05, 0) is 0 Å². The lowest BCUT2D eigenvalue weighted by atomic mass is 9.87. The van der Waals surface area contributed by atoms with Crippen molar-refractivity contribution in [2.24, 2.45) is 16.5 Å². The van der Waals surface area contributed by atoms with Crippen molar-refractivity contribution < 1.29 is 19.9 Å². The zero-order chi connectivity index (χ0) is 13.1. The van der Waals surface area contributed by atoms with Crippen LogP contribution in [0.4, 0.5) is 0 Å². The molecule has 1 saturated heterocycles. The summed E-state index contributed by atoms with van der Waals surface area (Å²) >= 11 is 0. The van der Waals surface area contributed by atoms with Gasteiger partial charge in [0.2, 0.25) is 11.4 Å². The second-order valence-corrected chi connectivity index (χ2v) is 4.89. The first-order chi connectivity index (χ1) is 8.42. The van der Waals surface area contributed by atoms with E-state index in [2.05, 4.69) is 15.6 Å². The lowest BCUT2D eigenvalue weighted by molar-refractivity contribution is -0.623. The van der Waals surface area contributed by atoms with E-state index in [1.54, 1.807) is 4.58 Å². The van der Waals surface area contributed by atoms with Crippen LogP contribution < -0.4 is 22.1 Å². The highest BCUT2D eigenvalue weighted by atomic mass is 16.5. The van der Waals surface area contributed by atoms with E-state index < -0.39 is 23.5 Å². The van der Waals surface area contributed by atoms with Crippen LogP contribution in [-0.2, 0) is 0 Å². The Morgan fingerprint density at radius 1 is 1.44 bits per heavy atom. The van der Waals surface area contributed by atoms with E-state index in [1.807, 2.05) is 0 Å². The van der Waals surface area contributed by atoms with Gasteiger partial charge in [-0.1, -0.05) is 0 Å². The van der Waals surface area contributed by atoms with Crippen LogP contribution in [0.25, 0.3) is 0 Å². The van der Waals surface area contributed by atoms with Crippen LogP contribution in [0.15, 0.2) is 4.99 Å². The summed E-state index contributed by atoms with van der Waals surface area (Å²) in [7, 11) is 0. The van der Waals surface area contributed by atoms with Crippen molar-refractivity contribution in [1.82, 2.24) is 10.6 Å². The second kappa shape index (κ2) is 3.25. The van der Waals surface area contributed by atoms with Crippen LogP contribution in [0.2, 0.25) is 0 Å². The average Bonchev–Trinajstić information content (AvgIpc) is 2.77. The van der Waals surface area contributed by atoms with E-state index in [9.17, 15) is 15.3 Å². The summed E-state index contributed by atoms with van der Waals surface area (Å²) in [5.74, 6) is -1.65. The molecule has 0 radical (unpaired) electrons. The zero-order valence-corrected chi connectivity index (χ0v) is 9.67. The molecule has 0 aromatic rings. The molecule has 0 aliphatic carbocycles. The summed E-state index contributed by atoms with van der Waals surface area (Å²) in [4.78, 5) is 4.16. The second-order valence-electron chi connectivity index (χ2n) is 4.89. The Hall–Kier alpha value is -1.58. The van der Waals surface area contributed by atoms with Crippen molar-refractivity contribution in [3.8, 4) is 0 Å². The zero-order valence-electron chi connectivity index (χ0n) is 9.67. The van der Waals surface area contributed by atoms with E-state index in [0.717, 1.165) is 0 Å². The molecule has 3 atom stereocenters. The van der Waals surface area contributed by atoms with Gasteiger partial charge in [0.25, 0.3) is 0 Å². The Morgan fingerprint density at radius 3 is 2.83 bits per heavy atom. The van der Waals surface area contributed by atoms with E-state index in [1.165, 1.54) is 0 Å². The van der Waals surface area contributed by atoms with E-state index in [-0.39, 0.29) is 24.9 Å². The molecular formula is C9H17N6O3+. The number of guanidine groups is 2. The maximum absolute atomic E-state index is 10.2. The molecule has 1 spiro atoms. The van der Waals surface area contributed by atoms with Gasteiger partial charge in [-0.25, -0.2) is 9.57 Å². The molecule has 3 aliphatic rings. The maximum atomic E-state index is 10.2. The first kappa shape index (κ1) is 11.5. The van der Waals surface area contributed by atoms with Crippen molar-refractivity contribution in [3.05, 3.63) is 0 Å². The number of rotatable bonds is 1. The molecule has 18 heavy (non-hydrogen) atoms. The largest absolute Gasteiger partial charge is 0.393 e. The third-order valence-corrected chi connectivity index (χ3v) is 3.95. The Kier molecular flexibility index (Phi) is 2.08. The molecule has 3 aliphatic heterocycles. The Labute approximate surface area is 103 Å². The van der Waals surface area contributed by atoms with Crippen LogP contribution in [0.3, 0.4) is 0 Å². The minimum Gasteiger partial charge on any atom is -0.393 e. The van der Waals surface area contributed by atoms with E-state index in [4.69, 9.17) is 11.5 Å². The minimum atomic E-state index is -2.03. The number of hydrogen-bond donors (Lipinski definition) is 7. The van der Waals surface area contributed by atoms with Crippen LogP contribution in [-0.4, -0.2) is 68.5 Å². The van der Waals surface area contributed by atoms with Crippen LogP contribution >= 0.6 is 0 Å². The van der Waals surface area contributed by atoms with Crippen LogP contribution in [0.5, 0.6) is 0 Å². The SMILES string of the molecule is NC1=N[C@H]2[C@H](CO)NC(N)=[N+]3CCC(O)(O)[C@]23N1. The first-order valence-corrected chi connectivity index (χ1v) is 5.76. The molecule has 9 nitrogen and oxygen atoms in total. The highest BCUT2D eigenvalue weighted by molar-refractivity contribution is 5.83. The Bertz CT molecular complexity index is 461. The number of aliphatic hydroxyl groups excluding tert-OH is 1. The van der Waals surface area contributed by atoms with Gasteiger partial charge < -0.3 is 26.4 Å². The van der Waals surface area contributed by atoms with E-state index in [0.29, 0.717) is 6.54 Å². The average molecular weight is 257 g/mol. The number of nitrogens with zero attached hydrogens (tertiary/aromatic N) is 2. The molecular weight excluding hydrogens is 240 g/mol. The lowest BCUT2D eigenvalue weighted by Gasteiger charge is -2.42. The van der Waals surface area contributed by atoms with Gasteiger partial charge in [-0.2, -0.15) is 0 Å². The molecule has 0 amide bonds. The highest BCUT2D eigenvalue weighted by Gasteiger charge is 2.71. The van der Waals surface area contributed by atoms with Gasteiger partial charge in [0.05, 0.1) is 13.2 Å². The fraction of sp³-hybridized carbons (Fsp3) is 0.778. The highest BCUT2D eigenvalue weighted by Crippen LogP contribution is 2.40. The van der Waals surface area contributed by atoms with Gasteiger partial charge in [-0.3, -0.25) is 11.1 Å². The van der Waals surface area contributed by atoms with Gasteiger partial charge in [0.15, 0.2) is 12.0 Å². The van der Waals surface area contributed by atoms with Gasteiger partial charge in [0, 0.05) is 6.42 Å². The molecule has 100 valence electrons. The molecule has 0 unspecified atom stereocenters. The summed E-state index contributed by atoms with van der Waals surface area (Å²) in [6, 6.07) is -1.15. The van der Waals surface area contributed by atoms with Gasteiger partial charge in [0.1, 0.15) is 6.04 Å². The third-order valence-electron chi connectivity index (χ3n) is 3.95. The number of hydrogen-bond acceptors (Lipinski definition) is 8. The number of nitrogens with one attached hydrogen (secondary N) is 2. The molecule has 9 N–H and O–H groups in total. The van der Waals surface area contributed by atoms with E-state index >= 15 is 0 Å². The number of aliphatic hydroxyl groups is 3. The lowest BCUT2D eigenvalue weighted by Crippen LogP contribution is -2.77. The molecule has 3 rings (SSSR count). The predicted molar refractivity (Wildman–Crippen MR) is 61.4 cm³/mol. The minimum absolute atomic E-state index is 0.106. The Morgan fingerprint density at radius 2 is 2.17 bits per heavy atom. The molecule has 0 saturated carbocycles. The monoisotopic (exact) mass is 257 g/mol. The first-order valence-electron chi connectivity index (χ1n) is 5.76. The summed E-state index contributed by atoms with van der Waals surface area (Å²) in [6.45, 7) is 0.117. The van der Waals surface area contributed by atoms with Crippen molar-refractivity contribution in [2.45, 2.75) is 30.0 Å². The summed E-state index contributed by atoms with van der Waals surface area (Å²) in [6.07, 6.45) is 0.111. The molecule has 0 aromatic heterocycles. The smallest absolute Gasteiger partial charge is 0.346 e. The fourth-order valence-corrected chi connectivity index (χ4v) is 3.14. The quantitative estimate of drug-likeness (QED) is 0.184. The molecule has 9 heteroatoms. The standard InChI is InChI=1S/C9H16N6O3/c10-6-13-5-4(3-16)12-7(11)15-2-1-8(17,18)9(5,15)14-6/h4-5,16-18H,1-3H2,(H5,10,11,12,13,14)/p+1/t4-,5-,9-/m0/s1. The summed E-state index contributed by atoms with van der Waals surface area (Å²) in [5.41, 5.74) is 10.2. The molecule has 3 heterocycles. The van der Waals surface area contributed by atoms with Crippen LogP contribution in [0, 0.1) is 0 Å². The van der Waals surface area contributed by atoms with Gasteiger partial charge in [-0.15, -0.1) is 0 Å².